The average Bonchev–Trinajstić information content (AvgIpc) is 2.41. The van der Waals surface area contributed by atoms with Gasteiger partial charge < -0.3 is 5.11 Å². The molecule has 3 nitrogen and oxygen atoms in total. The topological polar surface area (TPSA) is 38.0 Å². The number of benzene rings is 1. The molecule has 1 heterocycles. The fraction of sp³-hybridized carbons (Fsp3) is 0.364. The van der Waals surface area contributed by atoms with E-state index in [1.807, 2.05) is 25.2 Å². The number of fused-ring (bicyclic) bond motifs is 1. The first kappa shape index (κ1) is 10.5. The molecule has 4 heteroatoms. The SMILES string of the molecule is Cn1nc(Cl)c2cccc(C(C)(C)O)c21. The Kier molecular flexibility index (Phi) is 2.24. The van der Waals surface area contributed by atoms with E-state index >= 15 is 0 Å². The summed E-state index contributed by atoms with van der Waals surface area (Å²) in [5, 5.41) is 15.5. The zero-order valence-corrected chi connectivity index (χ0v) is 9.71. The lowest BCUT2D eigenvalue weighted by Crippen LogP contribution is -2.16. The van der Waals surface area contributed by atoms with Gasteiger partial charge in [-0.05, 0) is 19.9 Å². The number of hydrogen-bond donors (Lipinski definition) is 1. The first-order valence-corrected chi connectivity index (χ1v) is 5.13. The molecule has 0 spiro atoms. The van der Waals surface area contributed by atoms with E-state index in [-0.39, 0.29) is 0 Å². The minimum Gasteiger partial charge on any atom is -0.386 e. The Labute approximate surface area is 93.3 Å². The maximum Gasteiger partial charge on any atom is 0.158 e. The van der Waals surface area contributed by atoms with Crippen molar-refractivity contribution >= 4 is 22.5 Å². The first-order chi connectivity index (χ1) is 6.91. The lowest BCUT2D eigenvalue weighted by molar-refractivity contribution is 0.0798. The number of aromatic nitrogens is 2. The van der Waals surface area contributed by atoms with Gasteiger partial charge in [0.2, 0.25) is 0 Å². The second-order valence-corrected chi connectivity index (χ2v) is 4.53. The van der Waals surface area contributed by atoms with Crippen LogP contribution in [0.5, 0.6) is 0 Å². The summed E-state index contributed by atoms with van der Waals surface area (Å²) in [6.45, 7) is 3.51. The van der Waals surface area contributed by atoms with E-state index in [0.717, 1.165) is 16.5 Å². The molecule has 2 aromatic rings. The van der Waals surface area contributed by atoms with Crippen molar-refractivity contribution in [3.8, 4) is 0 Å². The minimum absolute atomic E-state index is 0.471. The molecule has 1 N–H and O–H groups in total. The molecular weight excluding hydrogens is 212 g/mol. The highest BCUT2D eigenvalue weighted by Crippen LogP contribution is 2.31. The lowest BCUT2D eigenvalue weighted by Gasteiger charge is -2.19. The van der Waals surface area contributed by atoms with Crippen LogP contribution in [-0.4, -0.2) is 14.9 Å². The van der Waals surface area contributed by atoms with E-state index in [2.05, 4.69) is 5.10 Å². The van der Waals surface area contributed by atoms with Crippen LogP contribution in [0.3, 0.4) is 0 Å². The Morgan fingerprint density at radius 3 is 2.67 bits per heavy atom. The lowest BCUT2D eigenvalue weighted by atomic mass is 9.96. The van der Waals surface area contributed by atoms with Crippen molar-refractivity contribution in [2.24, 2.45) is 7.05 Å². The van der Waals surface area contributed by atoms with Crippen molar-refractivity contribution in [2.75, 3.05) is 0 Å². The van der Waals surface area contributed by atoms with E-state index in [0.29, 0.717) is 5.15 Å². The maximum absolute atomic E-state index is 10.0. The molecule has 0 aliphatic heterocycles. The molecule has 1 aromatic carbocycles. The molecule has 2 rings (SSSR count). The number of aryl methyl sites for hydroxylation is 1. The van der Waals surface area contributed by atoms with E-state index in [1.165, 1.54) is 0 Å². The fourth-order valence-corrected chi connectivity index (χ4v) is 2.05. The van der Waals surface area contributed by atoms with Crippen molar-refractivity contribution in [3.05, 3.63) is 28.9 Å². The van der Waals surface area contributed by atoms with Gasteiger partial charge in [-0.25, -0.2) is 0 Å². The van der Waals surface area contributed by atoms with Gasteiger partial charge in [0.1, 0.15) is 0 Å². The van der Waals surface area contributed by atoms with Gasteiger partial charge in [0.25, 0.3) is 0 Å². The third-order valence-electron chi connectivity index (χ3n) is 2.48. The maximum atomic E-state index is 10.0. The van der Waals surface area contributed by atoms with E-state index in [4.69, 9.17) is 11.6 Å². The van der Waals surface area contributed by atoms with Crippen molar-refractivity contribution in [2.45, 2.75) is 19.4 Å². The predicted molar refractivity (Wildman–Crippen MR) is 61.0 cm³/mol. The minimum atomic E-state index is -0.892. The summed E-state index contributed by atoms with van der Waals surface area (Å²) in [5.41, 5.74) is 0.827. The van der Waals surface area contributed by atoms with Crippen LogP contribution >= 0.6 is 11.6 Å². The number of rotatable bonds is 1. The van der Waals surface area contributed by atoms with Crippen LogP contribution in [0.1, 0.15) is 19.4 Å². The van der Waals surface area contributed by atoms with Gasteiger partial charge in [0.05, 0.1) is 11.1 Å². The second-order valence-electron chi connectivity index (χ2n) is 4.18. The summed E-state index contributed by atoms with van der Waals surface area (Å²) in [5.74, 6) is 0. The van der Waals surface area contributed by atoms with Gasteiger partial charge in [-0.3, -0.25) is 4.68 Å². The third kappa shape index (κ3) is 1.62. The summed E-state index contributed by atoms with van der Waals surface area (Å²) in [7, 11) is 1.82. The molecule has 0 fully saturated rings. The Balaban J connectivity index is 2.87. The van der Waals surface area contributed by atoms with Gasteiger partial charge in [-0.15, -0.1) is 0 Å². The van der Waals surface area contributed by atoms with E-state index in [9.17, 15) is 5.11 Å². The van der Waals surface area contributed by atoms with Gasteiger partial charge in [-0.1, -0.05) is 23.7 Å². The normalized spacial score (nSPS) is 12.3. The highest BCUT2D eigenvalue weighted by molar-refractivity contribution is 6.34. The number of para-hydroxylation sites is 1. The van der Waals surface area contributed by atoms with Gasteiger partial charge in [0.15, 0.2) is 5.15 Å². The molecule has 80 valence electrons. The van der Waals surface area contributed by atoms with Crippen LogP contribution in [0, 0.1) is 0 Å². The Morgan fingerprint density at radius 2 is 2.07 bits per heavy atom. The van der Waals surface area contributed by atoms with Crippen LogP contribution in [-0.2, 0) is 12.6 Å². The van der Waals surface area contributed by atoms with Gasteiger partial charge in [0, 0.05) is 18.0 Å². The summed E-state index contributed by atoms with van der Waals surface area (Å²) in [4.78, 5) is 0. The molecule has 0 saturated heterocycles. The predicted octanol–water partition coefficient (Wildman–Crippen LogP) is 2.45. The van der Waals surface area contributed by atoms with Crippen LogP contribution in [0.15, 0.2) is 18.2 Å². The fourth-order valence-electron chi connectivity index (χ4n) is 1.79. The molecule has 0 atom stereocenters. The number of hydrogen-bond acceptors (Lipinski definition) is 2. The van der Waals surface area contributed by atoms with Gasteiger partial charge in [-0.2, -0.15) is 5.10 Å². The standard InChI is InChI=1S/C11H13ClN2O/c1-11(2,15)8-6-4-5-7-9(8)14(3)13-10(7)12/h4-6,15H,1-3H3. The van der Waals surface area contributed by atoms with Gasteiger partial charge >= 0.3 is 0 Å². The van der Waals surface area contributed by atoms with Crippen LogP contribution in [0.4, 0.5) is 0 Å². The van der Waals surface area contributed by atoms with Crippen molar-refractivity contribution in [1.82, 2.24) is 9.78 Å². The monoisotopic (exact) mass is 224 g/mol. The summed E-state index contributed by atoms with van der Waals surface area (Å²) >= 11 is 5.99. The van der Waals surface area contributed by atoms with E-state index in [1.54, 1.807) is 18.5 Å². The molecule has 15 heavy (non-hydrogen) atoms. The zero-order valence-electron chi connectivity index (χ0n) is 8.95. The van der Waals surface area contributed by atoms with E-state index < -0.39 is 5.60 Å². The largest absolute Gasteiger partial charge is 0.386 e. The Bertz CT molecular complexity index is 511. The zero-order chi connectivity index (χ0) is 11.2. The average molecular weight is 225 g/mol. The molecule has 0 bridgehead atoms. The summed E-state index contributed by atoms with van der Waals surface area (Å²) < 4.78 is 1.70. The Hall–Kier alpha value is -1.06. The molecule has 1 aromatic heterocycles. The van der Waals surface area contributed by atoms with Crippen LogP contribution in [0.25, 0.3) is 10.9 Å². The van der Waals surface area contributed by atoms with Crippen LogP contribution < -0.4 is 0 Å². The molecule has 0 radical (unpaired) electrons. The molecule has 0 amide bonds. The third-order valence-corrected chi connectivity index (χ3v) is 2.76. The number of nitrogens with zero attached hydrogens (tertiary/aromatic N) is 2. The Morgan fingerprint density at radius 1 is 1.40 bits per heavy atom. The molecule has 0 unspecified atom stereocenters. The molecular formula is C11H13ClN2O. The highest BCUT2D eigenvalue weighted by Gasteiger charge is 2.21. The molecule has 0 aliphatic carbocycles. The molecule has 0 aliphatic rings. The van der Waals surface area contributed by atoms with Crippen molar-refractivity contribution in [3.63, 3.8) is 0 Å². The second kappa shape index (κ2) is 3.22. The number of aliphatic hydroxyl groups is 1. The summed E-state index contributed by atoms with van der Waals surface area (Å²) in [6.07, 6.45) is 0. The van der Waals surface area contributed by atoms with Crippen molar-refractivity contribution in [1.29, 1.82) is 0 Å². The number of halogens is 1. The van der Waals surface area contributed by atoms with Crippen LogP contribution in [0.2, 0.25) is 5.15 Å². The molecule has 0 saturated carbocycles. The van der Waals surface area contributed by atoms with Crippen molar-refractivity contribution < 1.29 is 5.11 Å². The highest BCUT2D eigenvalue weighted by atomic mass is 35.5. The summed E-state index contributed by atoms with van der Waals surface area (Å²) in [6, 6.07) is 5.67. The first-order valence-electron chi connectivity index (χ1n) is 4.75. The quantitative estimate of drug-likeness (QED) is 0.808. The smallest absolute Gasteiger partial charge is 0.158 e.